The predicted octanol–water partition coefficient (Wildman–Crippen LogP) is -0.0341. The van der Waals surface area contributed by atoms with Crippen LogP contribution in [0.15, 0.2) is 0 Å². The normalized spacial score (nSPS) is 22.3. The molecule has 0 spiro atoms. The Bertz CT molecular complexity index is 204. The smallest absolute Gasteiger partial charge is 0.219 e. The Hall–Kier alpha value is -0.0300. The van der Waals surface area contributed by atoms with Gasteiger partial charge in [-0.3, -0.25) is 9.69 Å². The van der Waals surface area contributed by atoms with Crippen molar-refractivity contribution in [2.24, 2.45) is 0 Å². The van der Waals surface area contributed by atoms with Crippen molar-refractivity contribution in [3.63, 3.8) is 0 Å². The lowest BCUT2D eigenvalue weighted by molar-refractivity contribution is -0.131. The highest BCUT2D eigenvalue weighted by atomic mass is 35.5. The van der Waals surface area contributed by atoms with Crippen molar-refractivity contribution in [1.29, 1.82) is 0 Å². The Morgan fingerprint density at radius 2 is 1.67 bits per heavy atom. The van der Waals surface area contributed by atoms with E-state index in [1.165, 1.54) is 0 Å². The maximum atomic E-state index is 11.1. The van der Waals surface area contributed by atoms with Gasteiger partial charge in [0.1, 0.15) is 0 Å². The van der Waals surface area contributed by atoms with Crippen molar-refractivity contribution in [2.75, 3.05) is 39.3 Å². The molecule has 2 fully saturated rings. The summed E-state index contributed by atoms with van der Waals surface area (Å²) < 4.78 is 0. The number of carbonyl (C=O) groups is 1. The summed E-state index contributed by atoms with van der Waals surface area (Å²) >= 11 is 0. The molecule has 1 N–H and O–H groups in total. The minimum atomic E-state index is 0. The lowest BCUT2D eigenvalue weighted by atomic mass is 10.1. The van der Waals surface area contributed by atoms with Gasteiger partial charge in [-0.1, -0.05) is 0 Å². The van der Waals surface area contributed by atoms with Crippen LogP contribution < -0.4 is 5.32 Å². The molecule has 0 aliphatic carbocycles. The molecule has 90 valence electrons. The van der Waals surface area contributed by atoms with Crippen LogP contribution >= 0.6 is 24.8 Å². The largest absolute Gasteiger partial charge is 0.340 e. The van der Waals surface area contributed by atoms with Gasteiger partial charge in [-0.2, -0.15) is 0 Å². The molecular formula is C9H19Cl2N3O. The van der Waals surface area contributed by atoms with Crippen LogP contribution in [-0.4, -0.2) is 61.0 Å². The monoisotopic (exact) mass is 255 g/mol. The van der Waals surface area contributed by atoms with Crippen molar-refractivity contribution in [1.82, 2.24) is 15.1 Å². The molecule has 4 nitrogen and oxygen atoms in total. The first kappa shape index (κ1) is 15.0. The molecule has 0 atom stereocenters. The molecular weight excluding hydrogens is 237 g/mol. The van der Waals surface area contributed by atoms with E-state index in [0.717, 1.165) is 45.3 Å². The first-order chi connectivity index (χ1) is 6.27. The van der Waals surface area contributed by atoms with Gasteiger partial charge in [0.15, 0.2) is 0 Å². The summed E-state index contributed by atoms with van der Waals surface area (Å²) in [5.41, 5.74) is 0. The van der Waals surface area contributed by atoms with E-state index >= 15 is 0 Å². The molecule has 2 rings (SSSR count). The Kier molecular flexibility index (Phi) is 6.52. The van der Waals surface area contributed by atoms with E-state index in [2.05, 4.69) is 10.2 Å². The van der Waals surface area contributed by atoms with E-state index in [9.17, 15) is 4.79 Å². The molecule has 0 unspecified atom stereocenters. The fourth-order valence-corrected chi connectivity index (χ4v) is 1.93. The molecule has 2 aliphatic rings. The number of hydrogen-bond acceptors (Lipinski definition) is 3. The molecule has 2 heterocycles. The summed E-state index contributed by atoms with van der Waals surface area (Å²) in [6.45, 7) is 7.82. The van der Waals surface area contributed by atoms with Crippen molar-refractivity contribution >= 4 is 30.7 Å². The molecule has 0 bridgehead atoms. The standard InChI is InChI=1S/C9H17N3O.2ClH/c1-8(13)11-2-4-12(5-3-11)9-6-10-7-9;;/h9-10H,2-7H2,1H3;2*1H. The van der Waals surface area contributed by atoms with Gasteiger partial charge >= 0.3 is 0 Å². The van der Waals surface area contributed by atoms with Gasteiger partial charge < -0.3 is 10.2 Å². The lowest BCUT2D eigenvalue weighted by Gasteiger charge is -2.43. The van der Waals surface area contributed by atoms with E-state index < -0.39 is 0 Å². The summed E-state index contributed by atoms with van der Waals surface area (Å²) in [5, 5.41) is 3.27. The van der Waals surface area contributed by atoms with Crippen LogP contribution in [0.5, 0.6) is 0 Å². The molecule has 0 radical (unpaired) electrons. The molecule has 1 amide bonds. The molecule has 0 aromatic heterocycles. The Balaban J connectivity index is 0.000000980. The minimum absolute atomic E-state index is 0. The zero-order valence-corrected chi connectivity index (χ0v) is 10.6. The van der Waals surface area contributed by atoms with Crippen LogP contribution in [0.4, 0.5) is 0 Å². The number of halogens is 2. The topological polar surface area (TPSA) is 35.6 Å². The van der Waals surface area contributed by atoms with Crippen molar-refractivity contribution in [2.45, 2.75) is 13.0 Å². The summed E-state index contributed by atoms with van der Waals surface area (Å²) in [5.74, 6) is 0.214. The van der Waals surface area contributed by atoms with Crippen molar-refractivity contribution in [3.05, 3.63) is 0 Å². The number of carbonyl (C=O) groups excluding carboxylic acids is 1. The fraction of sp³-hybridized carbons (Fsp3) is 0.889. The highest BCUT2D eigenvalue weighted by molar-refractivity contribution is 5.85. The molecule has 2 saturated heterocycles. The lowest BCUT2D eigenvalue weighted by Crippen LogP contribution is -2.61. The molecule has 2 aliphatic heterocycles. The Labute approximate surface area is 103 Å². The number of nitrogens with zero attached hydrogens (tertiary/aromatic N) is 2. The van der Waals surface area contributed by atoms with E-state index in [1.54, 1.807) is 6.92 Å². The second kappa shape index (κ2) is 6.53. The van der Waals surface area contributed by atoms with Crippen molar-refractivity contribution in [3.8, 4) is 0 Å². The van der Waals surface area contributed by atoms with Crippen molar-refractivity contribution < 1.29 is 4.79 Å². The Morgan fingerprint density at radius 3 is 2.00 bits per heavy atom. The van der Waals surface area contributed by atoms with E-state index in [4.69, 9.17) is 0 Å². The van der Waals surface area contributed by atoms with Gasteiger partial charge in [-0.05, 0) is 0 Å². The first-order valence-electron chi connectivity index (χ1n) is 4.97. The third-order valence-corrected chi connectivity index (χ3v) is 3.04. The second-order valence-corrected chi connectivity index (χ2v) is 3.85. The van der Waals surface area contributed by atoms with E-state index in [-0.39, 0.29) is 30.7 Å². The quantitative estimate of drug-likeness (QED) is 0.715. The molecule has 0 aromatic carbocycles. The van der Waals surface area contributed by atoms with Gasteiger partial charge in [0.25, 0.3) is 0 Å². The third kappa shape index (κ3) is 3.48. The summed E-state index contributed by atoms with van der Waals surface area (Å²) in [7, 11) is 0. The highest BCUT2D eigenvalue weighted by Gasteiger charge is 2.27. The number of rotatable bonds is 1. The second-order valence-electron chi connectivity index (χ2n) is 3.85. The summed E-state index contributed by atoms with van der Waals surface area (Å²) in [6, 6.07) is 0.731. The zero-order valence-electron chi connectivity index (χ0n) is 8.94. The summed E-state index contributed by atoms with van der Waals surface area (Å²) in [4.78, 5) is 15.5. The molecule has 0 aromatic rings. The summed E-state index contributed by atoms with van der Waals surface area (Å²) in [6.07, 6.45) is 0. The first-order valence-corrected chi connectivity index (χ1v) is 4.97. The molecule has 15 heavy (non-hydrogen) atoms. The number of amides is 1. The maximum absolute atomic E-state index is 11.1. The Morgan fingerprint density at radius 1 is 1.13 bits per heavy atom. The van der Waals surface area contributed by atoms with Crippen LogP contribution in [0.3, 0.4) is 0 Å². The average Bonchev–Trinajstić information content (AvgIpc) is 2.02. The van der Waals surface area contributed by atoms with Crippen LogP contribution in [0.25, 0.3) is 0 Å². The third-order valence-electron chi connectivity index (χ3n) is 3.04. The van der Waals surface area contributed by atoms with Crippen LogP contribution in [0, 0.1) is 0 Å². The zero-order chi connectivity index (χ0) is 9.26. The van der Waals surface area contributed by atoms with Gasteiger partial charge in [0, 0.05) is 52.2 Å². The van der Waals surface area contributed by atoms with E-state index in [1.807, 2.05) is 4.90 Å². The minimum Gasteiger partial charge on any atom is -0.340 e. The van der Waals surface area contributed by atoms with Crippen LogP contribution in [0.2, 0.25) is 0 Å². The predicted molar refractivity (Wildman–Crippen MR) is 65.0 cm³/mol. The van der Waals surface area contributed by atoms with Gasteiger partial charge in [-0.25, -0.2) is 0 Å². The maximum Gasteiger partial charge on any atom is 0.219 e. The fourth-order valence-electron chi connectivity index (χ4n) is 1.93. The molecule has 0 saturated carbocycles. The molecule has 6 heteroatoms. The van der Waals surface area contributed by atoms with Gasteiger partial charge in [0.2, 0.25) is 5.91 Å². The average molecular weight is 256 g/mol. The highest BCUT2D eigenvalue weighted by Crippen LogP contribution is 2.09. The van der Waals surface area contributed by atoms with E-state index in [0.29, 0.717) is 0 Å². The number of piperazine rings is 1. The van der Waals surface area contributed by atoms with Crippen LogP contribution in [-0.2, 0) is 4.79 Å². The SMILES string of the molecule is CC(=O)N1CCN(C2CNC2)CC1.Cl.Cl. The van der Waals surface area contributed by atoms with Crippen LogP contribution in [0.1, 0.15) is 6.92 Å². The van der Waals surface area contributed by atoms with Gasteiger partial charge in [0.05, 0.1) is 0 Å². The number of nitrogens with one attached hydrogen (secondary N) is 1. The number of hydrogen-bond donors (Lipinski definition) is 1. The van der Waals surface area contributed by atoms with Gasteiger partial charge in [-0.15, -0.1) is 24.8 Å².